The predicted octanol–water partition coefficient (Wildman–Crippen LogP) is 3.52. The molecule has 6 nitrogen and oxygen atoms in total. The van der Waals surface area contributed by atoms with E-state index in [1.54, 1.807) is 0 Å². The van der Waals surface area contributed by atoms with Crippen molar-refractivity contribution in [3.63, 3.8) is 0 Å². The van der Waals surface area contributed by atoms with Crippen molar-refractivity contribution >= 4 is 41.5 Å². The van der Waals surface area contributed by atoms with Crippen LogP contribution in [0.25, 0.3) is 0 Å². The fourth-order valence-corrected chi connectivity index (χ4v) is 3.61. The normalized spacial score (nSPS) is 15.9. The first-order valence-electron chi connectivity index (χ1n) is 10.3. The molecule has 3 rings (SSSR count). The van der Waals surface area contributed by atoms with Gasteiger partial charge in [-0.1, -0.05) is 29.8 Å². The van der Waals surface area contributed by atoms with Crippen molar-refractivity contribution in [2.75, 3.05) is 45.9 Å². The minimum atomic E-state index is 0. The molecule has 0 saturated carbocycles. The Balaban J connectivity index is 0.00000320. The van der Waals surface area contributed by atoms with Crippen molar-refractivity contribution < 1.29 is 4.74 Å². The number of benzene rings is 1. The zero-order valence-corrected chi connectivity index (χ0v) is 20.5. The van der Waals surface area contributed by atoms with Gasteiger partial charge >= 0.3 is 0 Å². The summed E-state index contributed by atoms with van der Waals surface area (Å²) in [4.78, 5) is 11.7. The van der Waals surface area contributed by atoms with Gasteiger partial charge in [0.05, 0.1) is 25.8 Å². The Morgan fingerprint density at radius 1 is 1.20 bits per heavy atom. The van der Waals surface area contributed by atoms with Gasteiger partial charge in [0.2, 0.25) is 0 Å². The number of hydrogen-bond donors (Lipinski definition) is 2. The van der Waals surface area contributed by atoms with Crippen molar-refractivity contribution in [2.24, 2.45) is 4.99 Å². The van der Waals surface area contributed by atoms with Crippen LogP contribution in [0.2, 0.25) is 5.02 Å². The molecule has 1 aromatic heterocycles. The minimum Gasteiger partial charge on any atom is -0.379 e. The highest BCUT2D eigenvalue weighted by molar-refractivity contribution is 14.0. The van der Waals surface area contributed by atoms with Gasteiger partial charge in [-0.2, -0.15) is 0 Å². The molecule has 1 atom stereocenters. The molecule has 1 aliphatic heterocycles. The number of rotatable bonds is 8. The smallest absolute Gasteiger partial charge is 0.191 e. The van der Waals surface area contributed by atoms with E-state index in [4.69, 9.17) is 21.3 Å². The van der Waals surface area contributed by atoms with Crippen LogP contribution in [0.3, 0.4) is 0 Å². The lowest BCUT2D eigenvalue weighted by atomic mass is 10.0. The lowest BCUT2D eigenvalue weighted by Crippen LogP contribution is -2.42. The molecule has 2 N–H and O–H groups in total. The predicted molar refractivity (Wildman–Crippen MR) is 134 cm³/mol. The second kappa shape index (κ2) is 13.8. The first-order chi connectivity index (χ1) is 14.3. The monoisotopic (exact) mass is 543 g/mol. The van der Waals surface area contributed by atoms with Crippen molar-refractivity contribution in [2.45, 2.75) is 19.4 Å². The molecule has 1 unspecified atom stereocenters. The molecule has 0 radical (unpaired) electrons. The summed E-state index contributed by atoms with van der Waals surface area (Å²) in [5, 5.41) is 7.51. The molecule has 2 aromatic rings. The van der Waals surface area contributed by atoms with E-state index in [1.807, 2.05) is 42.6 Å². The van der Waals surface area contributed by atoms with Crippen LogP contribution in [0.5, 0.6) is 0 Å². The molecule has 164 valence electrons. The molecule has 1 saturated heterocycles. The Bertz CT molecular complexity index is 771. The van der Waals surface area contributed by atoms with Gasteiger partial charge in [-0.3, -0.25) is 14.9 Å². The van der Waals surface area contributed by atoms with E-state index in [0.29, 0.717) is 6.54 Å². The third-order valence-corrected chi connectivity index (χ3v) is 5.12. The molecule has 2 heterocycles. The number of nitrogens with one attached hydrogen (secondary N) is 2. The number of guanidine groups is 1. The van der Waals surface area contributed by atoms with Gasteiger partial charge in [0.1, 0.15) is 0 Å². The van der Waals surface area contributed by atoms with E-state index in [0.717, 1.165) is 62.5 Å². The maximum atomic E-state index is 6.26. The summed E-state index contributed by atoms with van der Waals surface area (Å²) in [6, 6.07) is 14.2. The van der Waals surface area contributed by atoms with Crippen molar-refractivity contribution in [1.82, 2.24) is 20.5 Å². The lowest BCUT2D eigenvalue weighted by Gasteiger charge is -2.34. The molecular formula is C22H31ClIN5O. The molecule has 0 spiro atoms. The van der Waals surface area contributed by atoms with Crippen LogP contribution in [-0.2, 0) is 11.2 Å². The first-order valence-corrected chi connectivity index (χ1v) is 10.6. The van der Waals surface area contributed by atoms with Crippen LogP contribution >= 0.6 is 35.6 Å². The quantitative estimate of drug-likeness (QED) is 0.303. The van der Waals surface area contributed by atoms with Gasteiger partial charge in [0, 0.05) is 49.5 Å². The summed E-state index contributed by atoms with van der Waals surface area (Å²) >= 11 is 6.26. The summed E-state index contributed by atoms with van der Waals surface area (Å²) in [5.74, 6) is 0.823. The largest absolute Gasteiger partial charge is 0.379 e. The average Bonchev–Trinajstić information content (AvgIpc) is 2.75. The summed E-state index contributed by atoms with van der Waals surface area (Å²) in [6.07, 6.45) is 2.68. The summed E-state index contributed by atoms with van der Waals surface area (Å²) < 4.78 is 5.53. The Morgan fingerprint density at radius 2 is 2.03 bits per heavy atom. The van der Waals surface area contributed by atoms with E-state index in [1.165, 1.54) is 5.56 Å². The fraction of sp³-hybridized carbons (Fsp3) is 0.455. The third kappa shape index (κ3) is 8.02. The molecule has 0 amide bonds. The number of pyridine rings is 1. The fourth-order valence-electron chi connectivity index (χ4n) is 3.41. The number of ether oxygens (including phenoxy) is 1. The standard InChI is InChI=1S/C22H30ClN5O.HI/c1-2-24-22(26-11-9-20-8-3-4-10-25-20)27-17-21(28-12-14-29-15-13-28)18-6-5-7-19(23)16-18;/h3-8,10,16,21H,2,9,11-15,17H2,1H3,(H2,24,26,27);1H. The number of aliphatic imine (C=N–C) groups is 1. The molecular weight excluding hydrogens is 513 g/mol. The van der Waals surface area contributed by atoms with Gasteiger partial charge in [0.25, 0.3) is 0 Å². The number of morpholine rings is 1. The van der Waals surface area contributed by atoms with E-state index in [-0.39, 0.29) is 30.0 Å². The van der Waals surface area contributed by atoms with Gasteiger partial charge in [-0.25, -0.2) is 0 Å². The summed E-state index contributed by atoms with van der Waals surface area (Å²) in [6.45, 7) is 7.63. The molecule has 0 bridgehead atoms. The molecule has 8 heteroatoms. The van der Waals surface area contributed by atoms with Crippen LogP contribution in [0.15, 0.2) is 53.7 Å². The SMILES string of the molecule is CCNC(=NCC(c1cccc(Cl)c1)N1CCOCC1)NCCc1ccccn1.I. The number of nitrogens with zero attached hydrogens (tertiary/aromatic N) is 3. The maximum absolute atomic E-state index is 6.26. The highest BCUT2D eigenvalue weighted by Crippen LogP contribution is 2.24. The highest BCUT2D eigenvalue weighted by atomic mass is 127. The molecule has 1 aliphatic rings. The minimum absolute atomic E-state index is 0. The van der Waals surface area contributed by atoms with Crippen molar-refractivity contribution in [3.05, 3.63) is 64.9 Å². The first kappa shape index (κ1) is 24.8. The second-order valence-corrected chi connectivity index (χ2v) is 7.37. The van der Waals surface area contributed by atoms with E-state index in [2.05, 4.69) is 33.5 Å². The molecule has 30 heavy (non-hydrogen) atoms. The maximum Gasteiger partial charge on any atom is 0.191 e. The van der Waals surface area contributed by atoms with Gasteiger partial charge < -0.3 is 15.4 Å². The van der Waals surface area contributed by atoms with Crippen LogP contribution in [-0.4, -0.2) is 61.8 Å². The van der Waals surface area contributed by atoms with Crippen molar-refractivity contribution in [3.8, 4) is 0 Å². The van der Waals surface area contributed by atoms with E-state index >= 15 is 0 Å². The third-order valence-electron chi connectivity index (χ3n) is 4.89. The van der Waals surface area contributed by atoms with E-state index < -0.39 is 0 Å². The second-order valence-electron chi connectivity index (χ2n) is 6.94. The topological polar surface area (TPSA) is 61.8 Å². The summed E-state index contributed by atoms with van der Waals surface area (Å²) in [7, 11) is 0. The number of hydrogen-bond acceptors (Lipinski definition) is 4. The average molecular weight is 544 g/mol. The lowest BCUT2D eigenvalue weighted by molar-refractivity contribution is 0.0180. The van der Waals surface area contributed by atoms with Gasteiger partial charge in [-0.05, 0) is 36.8 Å². The Morgan fingerprint density at radius 3 is 2.73 bits per heavy atom. The summed E-state index contributed by atoms with van der Waals surface area (Å²) in [5.41, 5.74) is 2.26. The van der Waals surface area contributed by atoms with Crippen LogP contribution in [0, 0.1) is 0 Å². The Kier molecular flexibility index (Phi) is 11.4. The Labute approximate surface area is 201 Å². The van der Waals surface area contributed by atoms with Gasteiger partial charge in [0.15, 0.2) is 5.96 Å². The zero-order chi connectivity index (χ0) is 20.3. The van der Waals surface area contributed by atoms with Crippen molar-refractivity contribution in [1.29, 1.82) is 0 Å². The molecule has 1 aromatic carbocycles. The van der Waals surface area contributed by atoms with Crippen LogP contribution in [0.4, 0.5) is 0 Å². The van der Waals surface area contributed by atoms with Crippen LogP contribution in [0.1, 0.15) is 24.2 Å². The van der Waals surface area contributed by atoms with Crippen LogP contribution < -0.4 is 10.6 Å². The number of aromatic nitrogens is 1. The zero-order valence-electron chi connectivity index (χ0n) is 17.4. The van der Waals surface area contributed by atoms with E-state index in [9.17, 15) is 0 Å². The van der Waals surface area contributed by atoms with Gasteiger partial charge in [-0.15, -0.1) is 24.0 Å². The number of halogens is 2. The molecule has 1 fully saturated rings. The highest BCUT2D eigenvalue weighted by Gasteiger charge is 2.22. The molecule has 0 aliphatic carbocycles. The Hall–Kier alpha value is -1.42.